The molecule has 19 heavy (non-hydrogen) atoms. The van der Waals surface area contributed by atoms with Crippen LogP contribution in [0.1, 0.15) is 0 Å². The number of nitrogens with one attached hydrogen (secondary N) is 1. The normalized spacial score (nSPS) is 10.2. The monoisotopic (exact) mass is 293 g/mol. The van der Waals surface area contributed by atoms with Gasteiger partial charge in [0.15, 0.2) is 0 Å². The van der Waals surface area contributed by atoms with E-state index in [2.05, 4.69) is 9.71 Å². The largest absolute Gasteiger partial charge is 0.457 e. The van der Waals surface area contributed by atoms with Crippen LogP contribution in [-0.2, 0) is 0 Å². The van der Waals surface area contributed by atoms with Crippen LogP contribution in [0.15, 0.2) is 41.4 Å². The van der Waals surface area contributed by atoms with Crippen molar-refractivity contribution in [2.24, 2.45) is 0 Å². The molecule has 0 aliphatic carbocycles. The minimum absolute atomic E-state index is 0.739. The number of aromatic nitrogens is 1. The van der Waals surface area contributed by atoms with Crippen LogP contribution in [0.4, 0.5) is 11.5 Å². The molecule has 0 aliphatic heterocycles. The maximum atomic E-state index is 5.86. The first-order valence-corrected chi connectivity index (χ1v) is 8.04. The zero-order valence-corrected chi connectivity index (χ0v) is 12.3. The molecule has 0 aliphatic rings. The van der Waals surface area contributed by atoms with E-state index in [0.717, 1.165) is 27.9 Å². The number of rotatable bonds is 5. The predicted molar refractivity (Wildman–Crippen MR) is 84.1 cm³/mol. The highest BCUT2D eigenvalue weighted by Crippen LogP contribution is 2.30. The van der Waals surface area contributed by atoms with Crippen LogP contribution >= 0.6 is 23.7 Å². The number of pyridine rings is 1. The third-order valence-electron chi connectivity index (χ3n) is 2.38. The van der Waals surface area contributed by atoms with Gasteiger partial charge in [0.1, 0.15) is 17.3 Å². The highest BCUT2D eigenvalue weighted by molar-refractivity contribution is 7.99. The zero-order valence-electron chi connectivity index (χ0n) is 10.7. The minimum atomic E-state index is 0.739. The molecule has 0 saturated heterocycles. The Morgan fingerprint density at radius 2 is 1.95 bits per heavy atom. The van der Waals surface area contributed by atoms with Gasteiger partial charge in [0.25, 0.3) is 0 Å². The Morgan fingerprint density at radius 1 is 1.16 bits per heavy atom. The minimum Gasteiger partial charge on any atom is -0.457 e. The van der Waals surface area contributed by atoms with Crippen LogP contribution < -0.4 is 15.2 Å². The van der Waals surface area contributed by atoms with Gasteiger partial charge >= 0.3 is 0 Å². The van der Waals surface area contributed by atoms with Gasteiger partial charge in [0, 0.05) is 29.1 Å². The summed E-state index contributed by atoms with van der Waals surface area (Å²) in [4.78, 5) is 5.19. The summed E-state index contributed by atoms with van der Waals surface area (Å²) >= 11 is 3.09. The second-order valence-corrected chi connectivity index (χ2v) is 5.15. The molecule has 0 radical (unpaired) electrons. The molecular formula is C13H15N3OS2. The number of nitrogens with two attached hydrogens (primary N) is 1. The lowest BCUT2D eigenvalue weighted by atomic mass is 10.3. The molecule has 4 nitrogen and oxygen atoms in total. The highest BCUT2D eigenvalue weighted by atomic mass is 32.2. The van der Waals surface area contributed by atoms with Crippen molar-refractivity contribution < 1.29 is 4.74 Å². The number of nitrogens with zero attached hydrogens (tertiary/aromatic N) is 1. The number of hydrogen-bond donors (Lipinski definition) is 2. The quantitative estimate of drug-likeness (QED) is 0.496. The molecule has 0 spiro atoms. The van der Waals surface area contributed by atoms with Crippen molar-refractivity contribution in [3.63, 3.8) is 0 Å². The molecule has 1 aromatic carbocycles. The van der Waals surface area contributed by atoms with E-state index in [-0.39, 0.29) is 0 Å². The Balaban J connectivity index is 2.18. The van der Waals surface area contributed by atoms with Crippen molar-refractivity contribution in [1.82, 2.24) is 4.98 Å². The molecule has 100 valence electrons. The van der Waals surface area contributed by atoms with Crippen molar-refractivity contribution in [1.29, 1.82) is 0 Å². The van der Waals surface area contributed by atoms with Gasteiger partial charge in [0.05, 0.1) is 0 Å². The lowest BCUT2D eigenvalue weighted by molar-refractivity contribution is 0.481. The molecule has 0 bridgehead atoms. The summed E-state index contributed by atoms with van der Waals surface area (Å²) in [5, 5.41) is 0. The molecule has 2 rings (SSSR count). The number of hydrogen-bond acceptors (Lipinski definition) is 6. The summed E-state index contributed by atoms with van der Waals surface area (Å²) in [5.74, 6) is 2.27. The van der Waals surface area contributed by atoms with E-state index in [1.54, 1.807) is 18.0 Å². The maximum absolute atomic E-state index is 5.86. The standard InChI is InChI=1S/C13H15N3OS2/c1-18-12-7-9(3-4-11(12)14)17-10-5-6-15-13(8-10)16-19-2/h3-8H,14H2,1-2H3,(H,15,16). The predicted octanol–water partition coefficient (Wildman–Crippen LogP) is 3.87. The number of benzene rings is 1. The van der Waals surface area contributed by atoms with Crippen LogP contribution in [0.5, 0.6) is 11.5 Å². The van der Waals surface area contributed by atoms with Gasteiger partial charge in [-0.05, 0) is 30.5 Å². The van der Waals surface area contributed by atoms with Gasteiger partial charge in [-0.15, -0.1) is 11.8 Å². The smallest absolute Gasteiger partial charge is 0.139 e. The summed E-state index contributed by atoms with van der Waals surface area (Å²) < 4.78 is 8.87. The third-order valence-corrected chi connectivity index (χ3v) is 3.59. The molecule has 1 aromatic heterocycles. The first kappa shape index (κ1) is 13.9. The Hall–Kier alpha value is -1.53. The van der Waals surface area contributed by atoms with Crippen LogP contribution in [0.3, 0.4) is 0 Å². The average Bonchev–Trinajstić information content (AvgIpc) is 2.42. The van der Waals surface area contributed by atoms with Gasteiger partial charge in [-0.3, -0.25) is 0 Å². The molecule has 3 N–H and O–H groups in total. The second-order valence-electron chi connectivity index (χ2n) is 3.69. The zero-order chi connectivity index (χ0) is 13.7. The Morgan fingerprint density at radius 3 is 2.68 bits per heavy atom. The number of ether oxygens (including phenoxy) is 1. The highest BCUT2D eigenvalue weighted by Gasteiger charge is 2.03. The van der Waals surface area contributed by atoms with E-state index in [0.29, 0.717) is 0 Å². The van der Waals surface area contributed by atoms with Crippen LogP contribution in [0.25, 0.3) is 0 Å². The van der Waals surface area contributed by atoms with Crippen LogP contribution in [0, 0.1) is 0 Å². The van der Waals surface area contributed by atoms with Crippen molar-refractivity contribution in [2.75, 3.05) is 23.0 Å². The van der Waals surface area contributed by atoms with Crippen molar-refractivity contribution >= 4 is 35.2 Å². The number of anilines is 2. The Kier molecular flexibility index (Phi) is 4.81. The lowest BCUT2D eigenvalue weighted by Gasteiger charge is -2.09. The molecule has 0 fully saturated rings. The first-order chi connectivity index (χ1) is 9.22. The van der Waals surface area contributed by atoms with E-state index in [9.17, 15) is 0 Å². The summed E-state index contributed by atoms with van der Waals surface area (Å²) in [5.41, 5.74) is 6.62. The third kappa shape index (κ3) is 3.71. The molecule has 1 heterocycles. The molecule has 0 amide bonds. The second kappa shape index (κ2) is 6.58. The van der Waals surface area contributed by atoms with E-state index in [1.807, 2.05) is 42.8 Å². The Bertz CT molecular complexity index is 563. The fourth-order valence-corrected chi connectivity index (χ4v) is 2.38. The first-order valence-electron chi connectivity index (χ1n) is 5.59. The fourth-order valence-electron chi connectivity index (χ4n) is 1.53. The summed E-state index contributed by atoms with van der Waals surface area (Å²) in [6.45, 7) is 0. The van der Waals surface area contributed by atoms with Crippen molar-refractivity contribution in [3.05, 3.63) is 36.5 Å². The van der Waals surface area contributed by atoms with E-state index in [1.165, 1.54) is 11.9 Å². The molecule has 6 heteroatoms. The summed E-state index contributed by atoms with van der Waals surface area (Å²) in [6, 6.07) is 9.31. The summed E-state index contributed by atoms with van der Waals surface area (Å²) in [7, 11) is 0. The fraction of sp³-hybridized carbons (Fsp3) is 0.154. The van der Waals surface area contributed by atoms with E-state index in [4.69, 9.17) is 10.5 Å². The molecular weight excluding hydrogens is 278 g/mol. The topological polar surface area (TPSA) is 60.2 Å². The Labute approximate surface area is 121 Å². The number of thioether (sulfide) groups is 1. The van der Waals surface area contributed by atoms with Crippen LogP contribution in [0.2, 0.25) is 0 Å². The van der Waals surface area contributed by atoms with Gasteiger partial charge in [-0.2, -0.15) is 0 Å². The SMILES string of the molecule is CSNc1cc(Oc2ccc(N)c(SC)c2)ccn1. The van der Waals surface area contributed by atoms with Crippen LogP contribution in [-0.4, -0.2) is 17.5 Å². The summed E-state index contributed by atoms with van der Waals surface area (Å²) in [6.07, 6.45) is 5.64. The average molecular weight is 293 g/mol. The van der Waals surface area contributed by atoms with E-state index >= 15 is 0 Å². The maximum Gasteiger partial charge on any atom is 0.139 e. The van der Waals surface area contributed by atoms with Crippen molar-refractivity contribution in [3.8, 4) is 11.5 Å². The van der Waals surface area contributed by atoms with Gasteiger partial charge in [-0.1, -0.05) is 11.9 Å². The molecule has 0 unspecified atom stereocenters. The number of nitrogen functional groups attached to an aromatic ring is 1. The van der Waals surface area contributed by atoms with E-state index < -0.39 is 0 Å². The molecule has 2 aromatic rings. The molecule has 0 atom stereocenters. The van der Waals surface area contributed by atoms with Gasteiger partial charge in [-0.25, -0.2) is 4.98 Å². The van der Waals surface area contributed by atoms with Gasteiger partial charge < -0.3 is 15.2 Å². The molecule has 0 saturated carbocycles. The lowest BCUT2D eigenvalue weighted by Crippen LogP contribution is -1.92. The van der Waals surface area contributed by atoms with Gasteiger partial charge in [0.2, 0.25) is 0 Å². The van der Waals surface area contributed by atoms with Crippen molar-refractivity contribution in [2.45, 2.75) is 4.90 Å².